The van der Waals surface area contributed by atoms with E-state index in [1.54, 1.807) is 0 Å². The minimum absolute atomic E-state index is 0.0819. The molecule has 4 rings (SSSR count). The normalized spacial score (nSPS) is 13.4. The van der Waals surface area contributed by atoms with Crippen molar-refractivity contribution in [1.29, 1.82) is 0 Å². The largest absolute Gasteiger partial charge is 0.137 e. The molecule has 0 aromatic heterocycles. The van der Waals surface area contributed by atoms with Gasteiger partial charge in [0.25, 0.3) is 0 Å². The maximum atomic E-state index is 6.18. The Morgan fingerprint density at radius 3 is 1.03 bits per heavy atom. The number of rotatable bonds is 8. The van der Waals surface area contributed by atoms with Crippen molar-refractivity contribution >= 4 is 70.3 Å². The van der Waals surface area contributed by atoms with E-state index < -0.39 is 0 Å². The first-order valence-corrected chi connectivity index (χ1v) is 13.5. The van der Waals surface area contributed by atoms with Crippen LogP contribution in [0.4, 0.5) is 0 Å². The summed E-state index contributed by atoms with van der Waals surface area (Å²) >= 11 is 26.3. The molecule has 176 valence electrons. The van der Waals surface area contributed by atoms with Gasteiger partial charge in [-0.3, -0.25) is 0 Å². The van der Waals surface area contributed by atoms with Gasteiger partial charge in [-0.1, -0.05) is 119 Å². The van der Waals surface area contributed by atoms with Crippen LogP contribution in [-0.4, -0.2) is 0 Å². The third kappa shape index (κ3) is 7.93. The summed E-state index contributed by atoms with van der Waals surface area (Å²) in [5.41, 5.74) is 4.52. The molecule has 0 nitrogen and oxygen atoms in total. The van der Waals surface area contributed by atoms with Crippen molar-refractivity contribution in [3.8, 4) is 0 Å². The quantitative estimate of drug-likeness (QED) is 0.208. The van der Waals surface area contributed by atoms with E-state index in [9.17, 15) is 0 Å². The van der Waals surface area contributed by atoms with Crippen molar-refractivity contribution in [3.63, 3.8) is 0 Å². The van der Waals surface area contributed by atoms with Gasteiger partial charge in [0.05, 0.1) is 0 Å². The Kier molecular flexibility index (Phi) is 9.43. The molecule has 0 amide bonds. The molecule has 0 fully saturated rings. The topological polar surface area (TPSA) is 0 Å². The summed E-state index contributed by atoms with van der Waals surface area (Å²) in [6.07, 6.45) is 8.70. The van der Waals surface area contributed by atoms with Gasteiger partial charge in [0.15, 0.2) is 0 Å². The van der Waals surface area contributed by atoms with Crippen LogP contribution in [0.2, 0.25) is 20.1 Å². The fourth-order valence-corrected chi connectivity index (χ4v) is 5.26. The summed E-state index contributed by atoms with van der Waals surface area (Å²) in [5, 5.41) is 3.05. The van der Waals surface area contributed by atoms with E-state index in [1.165, 1.54) is 11.1 Å². The minimum atomic E-state index is 0.0819. The summed E-state index contributed by atoms with van der Waals surface area (Å²) in [6.45, 7) is 0. The molecule has 2 atom stereocenters. The Labute approximate surface area is 231 Å². The van der Waals surface area contributed by atoms with Gasteiger partial charge < -0.3 is 0 Å². The first kappa shape index (κ1) is 25.9. The molecule has 0 radical (unpaired) electrons. The van der Waals surface area contributed by atoms with Crippen LogP contribution >= 0.6 is 58.2 Å². The van der Waals surface area contributed by atoms with E-state index in [4.69, 9.17) is 46.4 Å². The van der Waals surface area contributed by atoms with Crippen molar-refractivity contribution < 1.29 is 0 Å². The zero-order valence-corrected chi connectivity index (χ0v) is 22.5. The fourth-order valence-electron chi connectivity index (χ4n) is 3.48. The highest BCUT2D eigenvalue weighted by molar-refractivity contribution is 8.00. The lowest BCUT2D eigenvalue weighted by atomic mass is 10.1. The third-order valence-electron chi connectivity index (χ3n) is 5.36. The second-order valence-corrected chi connectivity index (χ2v) is 10.9. The lowest BCUT2D eigenvalue weighted by molar-refractivity contribution is 1.17. The Hall–Kier alpha value is -2.13. The average Bonchev–Trinajstić information content (AvgIpc) is 2.87. The van der Waals surface area contributed by atoms with Crippen molar-refractivity contribution in [2.45, 2.75) is 10.5 Å². The smallest absolute Gasteiger partial charge is 0.0489 e. The molecule has 0 aliphatic carbocycles. The van der Waals surface area contributed by atoms with E-state index in [1.807, 2.05) is 84.6 Å². The lowest BCUT2D eigenvalue weighted by Crippen LogP contribution is -1.97. The van der Waals surface area contributed by atoms with Gasteiger partial charge >= 0.3 is 0 Å². The first-order valence-electron chi connectivity index (χ1n) is 11.0. The van der Waals surface area contributed by atoms with Crippen molar-refractivity contribution in [2.24, 2.45) is 0 Å². The van der Waals surface area contributed by atoms with Crippen LogP contribution in [0.1, 0.15) is 32.8 Å². The van der Waals surface area contributed by atoms with Gasteiger partial charge in [0.2, 0.25) is 0 Å². The highest BCUT2D eigenvalue weighted by atomic mass is 35.5. The monoisotopic (exact) mass is 554 g/mol. The number of halogens is 4. The van der Waals surface area contributed by atoms with E-state index in [0.717, 1.165) is 31.2 Å². The summed E-state index contributed by atoms with van der Waals surface area (Å²) in [7, 11) is 0. The van der Waals surface area contributed by atoms with Crippen LogP contribution < -0.4 is 0 Å². The Bertz CT molecular complexity index is 1170. The SMILES string of the molecule is Clc1ccc(/C=C\C(SC(/C=C\c2ccc(Cl)cc2)c2ccc(Cl)cc2)c2ccc(Cl)cc2)cc1. The molecule has 0 N–H and O–H groups in total. The van der Waals surface area contributed by atoms with Crippen LogP contribution in [0.25, 0.3) is 12.2 Å². The zero-order chi connectivity index (χ0) is 24.6. The molecule has 35 heavy (non-hydrogen) atoms. The highest BCUT2D eigenvalue weighted by Gasteiger charge is 2.17. The van der Waals surface area contributed by atoms with E-state index in [-0.39, 0.29) is 10.5 Å². The van der Waals surface area contributed by atoms with E-state index >= 15 is 0 Å². The van der Waals surface area contributed by atoms with Crippen molar-refractivity contribution in [3.05, 3.63) is 152 Å². The first-order chi connectivity index (χ1) is 17.0. The second-order valence-electron chi connectivity index (χ2n) is 7.90. The molecular weight excluding hydrogens is 534 g/mol. The maximum Gasteiger partial charge on any atom is 0.0489 e. The van der Waals surface area contributed by atoms with Gasteiger partial charge in [-0.05, 0) is 70.8 Å². The van der Waals surface area contributed by atoms with Gasteiger partial charge in [0, 0.05) is 30.6 Å². The molecule has 0 saturated carbocycles. The molecule has 4 aromatic rings. The molecule has 0 spiro atoms. The summed E-state index contributed by atoms with van der Waals surface area (Å²) in [4.78, 5) is 0. The van der Waals surface area contributed by atoms with Crippen molar-refractivity contribution in [1.82, 2.24) is 0 Å². The van der Waals surface area contributed by atoms with Gasteiger partial charge in [0.1, 0.15) is 0 Å². The Balaban J connectivity index is 1.67. The van der Waals surface area contributed by atoms with Gasteiger partial charge in [-0.25, -0.2) is 0 Å². The number of thioether (sulfide) groups is 1. The van der Waals surface area contributed by atoms with Crippen LogP contribution in [0.5, 0.6) is 0 Å². The van der Waals surface area contributed by atoms with Crippen LogP contribution in [0, 0.1) is 0 Å². The fraction of sp³-hybridized carbons (Fsp3) is 0.0667. The Morgan fingerprint density at radius 2 is 0.714 bits per heavy atom. The second kappa shape index (κ2) is 12.7. The number of hydrogen-bond donors (Lipinski definition) is 0. The molecule has 0 saturated heterocycles. The molecule has 2 unspecified atom stereocenters. The molecule has 0 aliphatic heterocycles. The summed E-state index contributed by atoms with van der Waals surface area (Å²) in [6, 6.07) is 31.7. The maximum absolute atomic E-state index is 6.18. The summed E-state index contributed by atoms with van der Waals surface area (Å²) in [5.74, 6) is 0. The molecular formula is C30H22Cl4S. The standard InChI is InChI=1S/C30H22Cl4S/c31-25-11-1-21(2-12-25)5-19-29(23-7-15-27(33)16-8-23)35-30(24-9-17-28(34)18-10-24)20-6-22-3-13-26(32)14-4-22/h1-20,29-30H/b19-5-,20-6-. The predicted molar refractivity (Wildman–Crippen MR) is 157 cm³/mol. The van der Waals surface area contributed by atoms with Crippen molar-refractivity contribution in [2.75, 3.05) is 0 Å². The molecule has 0 heterocycles. The van der Waals surface area contributed by atoms with Gasteiger partial charge in [-0.15, -0.1) is 11.8 Å². The summed E-state index contributed by atoms with van der Waals surface area (Å²) < 4.78 is 0. The van der Waals surface area contributed by atoms with Crippen LogP contribution in [0.15, 0.2) is 109 Å². The number of hydrogen-bond acceptors (Lipinski definition) is 1. The molecule has 0 bridgehead atoms. The predicted octanol–water partition coefficient (Wildman–Crippen LogP) is 11.2. The molecule has 0 aliphatic rings. The van der Waals surface area contributed by atoms with E-state index in [0.29, 0.717) is 0 Å². The van der Waals surface area contributed by atoms with Gasteiger partial charge in [-0.2, -0.15) is 0 Å². The van der Waals surface area contributed by atoms with Crippen LogP contribution in [-0.2, 0) is 0 Å². The lowest BCUT2D eigenvalue weighted by Gasteiger charge is -2.20. The molecule has 4 aromatic carbocycles. The zero-order valence-electron chi connectivity index (χ0n) is 18.6. The third-order valence-corrected chi connectivity index (χ3v) is 7.81. The molecule has 5 heteroatoms. The minimum Gasteiger partial charge on any atom is -0.137 e. The highest BCUT2D eigenvalue weighted by Crippen LogP contribution is 2.43. The number of benzene rings is 4. The average molecular weight is 556 g/mol. The van der Waals surface area contributed by atoms with E-state index in [2.05, 4.69) is 48.6 Å². The Morgan fingerprint density at radius 1 is 0.429 bits per heavy atom. The van der Waals surface area contributed by atoms with Crippen LogP contribution in [0.3, 0.4) is 0 Å².